The maximum Gasteiger partial charge on any atom is 0.231 e. The van der Waals surface area contributed by atoms with Crippen molar-refractivity contribution in [2.45, 2.75) is 25.8 Å². The van der Waals surface area contributed by atoms with Gasteiger partial charge in [-0.25, -0.2) is 0 Å². The Balaban J connectivity index is 1.30. The summed E-state index contributed by atoms with van der Waals surface area (Å²) in [6.07, 6.45) is 2.94. The maximum atomic E-state index is 5.60. The van der Waals surface area contributed by atoms with Crippen LogP contribution in [-0.2, 0) is 6.54 Å². The molecular weight excluding hydrogens is 348 g/mol. The van der Waals surface area contributed by atoms with Crippen molar-refractivity contribution in [1.82, 2.24) is 20.0 Å². The number of aryl methyl sites for hydroxylation is 1. The number of fused-ring (bicyclic) bond motifs is 1. The quantitative estimate of drug-likeness (QED) is 0.526. The van der Waals surface area contributed by atoms with E-state index in [4.69, 9.17) is 4.52 Å². The molecule has 3 heterocycles. The highest BCUT2D eigenvalue weighted by atomic mass is 16.5. The van der Waals surface area contributed by atoms with Crippen LogP contribution < -0.4 is 0 Å². The molecule has 1 atom stereocenters. The zero-order valence-electron chi connectivity index (χ0n) is 15.9. The average Bonchev–Trinajstić information content (AvgIpc) is 3.39. The normalized spacial score (nSPS) is 17.4. The standard InChI is InChI=1S/C23H22N4O/c1-16-6-8-17(9-7-16)22-25-23(28-26-22)19-11-13-27(15-19)14-18-10-12-24-21-5-3-2-4-20(18)21/h2-10,12,19H,11,13-15H2,1H3. The van der Waals surface area contributed by atoms with Gasteiger partial charge in [0.25, 0.3) is 0 Å². The van der Waals surface area contributed by atoms with Crippen molar-refractivity contribution >= 4 is 10.9 Å². The molecule has 5 rings (SSSR count). The van der Waals surface area contributed by atoms with Gasteiger partial charge in [0.1, 0.15) is 0 Å². The number of hydrogen-bond donors (Lipinski definition) is 0. The molecule has 140 valence electrons. The number of aromatic nitrogens is 3. The summed E-state index contributed by atoms with van der Waals surface area (Å²) in [6.45, 7) is 4.96. The second-order valence-electron chi connectivity index (χ2n) is 7.53. The highest BCUT2D eigenvalue weighted by Gasteiger charge is 2.28. The van der Waals surface area contributed by atoms with Gasteiger partial charge in [-0.15, -0.1) is 0 Å². The predicted molar refractivity (Wildman–Crippen MR) is 109 cm³/mol. The summed E-state index contributed by atoms with van der Waals surface area (Å²) in [5.74, 6) is 1.71. The fourth-order valence-electron chi connectivity index (χ4n) is 3.93. The number of benzene rings is 2. The van der Waals surface area contributed by atoms with Crippen LogP contribution >= 0.6 is 0 Å². The first-order valence-corrected chi connectivity index (χ1v) is 9.72. The number of rotatable bonds is 4. The molecule has 4 aromatic rings. The van der Waals surface area contributed by atoms with Crippen LogP contribution in [0.1, 0.15) is 29.4 Å². The van der Waals surface area contributed by atoms with Gasteiger partial charge in [-0.05, 0) is 37.6 Å². The minimum absolute atomic E-state index is 0.291. The lowest BCUT2D eigenvalue weighted by atomic mass is 10.1. The van der Waals surface area contributed by atoms with Crippen molar-refractivity contribution in [3.05, 3.63) is 77.8 Å². The van der Waals surface area contributed by atoms with Crippen LogP contribution in [-0.4, -0.2) is 33.1 Å². The molecule has 2 aromatic carbocycles. The molecule has 0 radical (unpaired) electrons. The zero-order chi connectivity index (χ0) is 18.9. The molecule has 0 spiro atoms. The monoisotopic (exact) mass is 370 g/mol. The lowest BCUT2D eigenvalue weighted by Gasteiger charge is -2.16. The van der Waals surface area contributed by atoms with Crippen LogP contribution in [0.3, 0.4) is 0 Å². The van der Waals surface area contributed by atoms with Crippen LogP contribution in [0.4, 0.5) is 0 Å². The molecule has 0 N–H and O–H groups in total. The highest BCUT2D eigenvalue weighted by Crippen LogP contribution is 2.29. The van der Waals surface area contributed by atoms with Crippen molar-refractivity contribution < 1.29 is 4.52 Å². The number of hydrogen-bond acceptors (Lipinski definition) is 5. The molecule has 1 saturated heterocycles. The molecule has 0 bridgehead atoms. The molecule has 0 amide bonds. The second kappa shape index (κ2) is 7.17. The van der Waals surface area contributed by atoms with Crippen LogP contribution in [0.5, 0.6) is 0 Å². The molecule has 1 aliphatic rings. The smallest absolute Gasteiger partial charge is 0.231 e. The predicted octanol–water partition coefficient (Wildman–Crippen LogP) is 4.58. The molecule has 1 aliphatic heterocycles. The number of nitrogens with zero attached hydrogens (tertiary/aromatic N) is 4. The van der Waals surface area contributed by atoms with Crippen molar-refractivity contribution in [2.75, 3.05) is 13.1 Å². The van der Waals surface area contributed by atoms with Gasteiger partial charge in [0, 0.05) is 30.2 Å². The Morgan fingerprint density at radius 1 is 1.07 bits per heavy atom. The fourth-order valence-corrected chi connectivity index (χ4v) is 3.93. The minimum Gasteiger partial charge on any atom is -0.339 e. The van der Waals surface area contributed by atoms with Gasteiger partial charge in [-0.1, -0.05) is 53.2 Å². The Morgan fingerprint density at radius 2 is 1.93 bits per heavy atom. The molecule has 0 saturated carbocycles. The first kappa shape index (κ1) is 17.1. The summed E-state index contributed by atoms with van der Waals surface area (Å²) < 4.78 is 5.60. The van der Waals surface area contributed by atoms with E-state index in [1.165, 1.54) is 16.5 Å². The van der Waals surface area contributed by atoms with E-state index in [9.17, 15) is 0 Å². The lowest BCUT2D eigenvalue weighted by molar-refractivity contribution is 0.310. The van der Waals surface area contributed by atoms with Gasteiger partial charge in [-0.3, -0.25) is 9.88 Å². The van der Waals surface area contributed by atoms with Gasteiger partial charge in [0.2, 0.25) is 11.7 Å². The van der Waals surface area contributed by atoms with Crippen molar-refractivity contribution in [3.63, 3.8) is 0 Å². The van der Waals surface area contributed by atoms with Crippen LogP contribution in [0, 0.1) is 6.92 Å². The van der Waals surface area contributed by atoms with E-state index in [2.05, 4.69) is 63.3 Å². The zero-order valence-corrected chi connectivity index (χ0v) is 15.9. The van der Waals surface area contributed by atoms with Gasteiger partial charge >= 0.3 is 0 Å². The van der Waals surface area contributed by atoms with E-state index in [1.54, 1.807) is 0 Å². The lowest BCUT2D eigenvalue weighted by Crippen LogP contribution is -2.20. The summed E-state index contributed by atoms with van der Waals surface area (Å²) in [5.41, 5.74) is 4.59. The third-order valence-electron chi connectivity index (χ3n) is 5.51. The number of para-hydroxylation sites is 1. The third kappa shape index (κ3) is 3.29. The van der Waals surface area contributed by atoms with E-state index >= 15 is 0 Å². The highest BCUT2D eigenvalue weighted by molar-refractivity contribution is 5.81. The van der Waals surface area contributed by atoms with E-state index < -0.39 is 0 Å². The molecule has 5 heteroatoms. The first-order chi connectivity index (χ1) is 13.8. The van der Waals surface area contributed by atoms with E-state index in [-0.39, 0.29) is 0 Å². The first-order valence-electron chi connectivity index (χ1n) is 9.72. The van der Waals surface area contributed by atoms with E-state index in [0.717, 1.165) is 43.0 Å². The largest absolute Gasteiger partial charge is 0.339 e. The maximum absolute atomic E-state index is 5.60. The second-order valence-corrected chi connectivity index (χ2v) is 7.53. The Hall–Kier alpha value is -3.05. The van der Waals surface area contributed by atoms with Gasteiger partial charge in [0.05, 0.1) is 11.4 Å². The Labute approximate surface area is 164 Å². The summed E-state index contributed by atoms with van der Waals surface area (Å²) >= 11 is 0. The molecule has 28 heavy (non-hydrogen) atoms. The van der Waals surface area contributed by atoms with Gasteiger partial charge < -0.3 is 4.52 Å². The van der Waals surface area contributed by atoms with E-state index in [1.807, 2.05) is 24.4 Å². The molecule has 1 fully saturated rings. The number of pyridine rings is 1. The Bertz CT molecular complexity index is 1100. The molecule has 1 unspecified atom stereocenters. The Morgan fingerprint density at radius 3 is 2.82 bits per heavy atom. The van der Waals surface area contributed by atoms with Gasteiger partial charge in [-0.2, -0.15) is 4.98 Å². The van der Waals surface area contributed by atoms with E-state index in [0.29, 0.717) is 11.7 Å². The molecule has 0 aliphatic carbocycles. The van der Waals surface area contributed by atoms with Gasteiger partial charge in [0.15, 0.2) is 0 Å². The third-order valence-corrected chi connectivity index (χ3v) is 5.51. The summed E-state index contributed by atoms with van der Waals surface area (Å²) in [4.78, 5) is 11.6. The van der Waals surface area contributed by atoms with Crippen LogP contribution in [0.25, 0.3) is 22.3 Å². The molecular formula is C23H22N4O. The number of likely N-dealkylation sites (tertiary alicyclic amines) is 1. The van der Waals surface area contributed by atoms with Crippen LogP contribution in [0.15, 0.2) is 65.3 Å². The van der Waals surface area contributed by atoms with Crippen LogP contribution in [0.2, 0.25) is 0 Å². The van der Waals surface area contributed by atoms with Crippen molar-refractivity contribution in [1.29, 1.82) is 0 Å². The summed E-state index contributed by atoms with van der Waals surface area (Å²) in [5, 5.41) is 5.43. The Kier molecular flexibility index (Phi) is 4.37. The summed E-state index contributed by atoms with van der Waals surface area (Å²) in [7, 11) is 0. The molecule has 2 aromatic heterocycles. The van der Waals surface area contributed by atoms with Crippen molar-refractivity contribution in [2.24, 2.45) is 0 Å². The minimum atomic E-state index is 0.291. The summed E-state index contributed by atoms with van der Waals surface area (Å²) in [6, 6.07) is 18.7. The average molecular weight is 370 g/mol. The fraction of sp³-hybridized carbons (Fsp3) is 0.261. The SMILES string of the molecule is Cc1ccc(-c2noc(C3CCN(Cc4ccnc5ccccc45)C3)n2)cc1. The topological polar surface area (TPSA) is 55.1 Å². The van der Waals surface area contributed by atoms with Crippen molar-refractivity contribution in [3.8, 4) is 11.4 Å². The molecule has 5 nitrogen and oxygen atoms in total.